The van der Waals surface area contributed by atoms with Crippen molar-refractivity contribution in [2.75, 3.05) is 5.32 Å². The third-order valence-corrected chi connectivity index (χ3v) is 3.50. The Morgan fingerprint density at radius 1 is 1.56 bits per heavy atom. The van der Waals surface area contributed by atoms with Gasteiger partial charge in [-0.25, -0.2) is 4.98 Å². The van der Waals surface area contributed by atoms with Gasteiger partial charge in [0.1, 0.15) is 5.82 Å². The van der Waals surface area contributed by atoms with Crippen LogP contribution in [0.1, 0.15) is 10.4 Å². The lowest BCUT2D eigenvalue weighted by atomic mass is 10.3. The van der Waals surface area contributed by atoms with E-state index < -0.39 is 0 Å². The molecule has 0 radical (unpaired) electrons. The van der Waals surface area contributed by atoms with Gasteiger partial charge in [0.2, 0.25) is 5.91 Å². The molecule has 0 unspecified atom stereocenters. The van der Waals surface area contributed by atoms with Crippen LogP contribution in [0.3, 0.4) is 0 Å². The molecule has 0 bridgehead atoms. The third-order valence-electron chi connectivity index (χ3n) is 2.23. The number of nitrogens with one attached hydrogen (secondary N) is 1. The number of amides is 1. The highest BCUT2D eigenvalue weighted by Gasteiger charge is 2.03. The average Bonchev–Trinajstić information content (AvgIpc) is 2.83. The second kappa shape index (κ2) is 5.93. The van der Waals surface area contributed by atoms with Crippen LogP contribution >= 0.6 is 27.3 Å². The van der Waals surface area contributed by atoms with Crippen molar-refractivity contribution in [2.45, 2.75) is 6.92 Å². The zero-order valence-electron chi connectivity index (χ0n) is 9.68. The molecule has 0 saturated carbocycles. The second-order valence-corrected chi connectivity index (χ2v) is 5.55. The van der Waals surface area contributed by atoms with Crippen molar-refractivity contribution < 1.29 is 4.79 Å². The predicted octanol–water partition coefficient (Wildman–Crippen LogP) is 3.87. The molecule has 0 spiro atoms. The van der Waals surface area contributed by atoms with E-state index in [1.165, 1.54) is 6.08 Å². The van der Waals surface area contributed by atoms with Gasteiger partial charge in [0.25, 0.3) is 0 Å². The first-order valence-electron chi connectivity index (χ1n) is 5.30. The standard InChI is InChI=1S/C13H11BrN2OS/c1-9-7-10(14)8-15-13(9)16-12(17)5-4-11-3-2-6-18-11/h2-8H,1H3,(H,15,16,17)/b5-4+. The summed E-state index contributed by atoms with van der Waals surface area (Å²) in [5.41, 5.74) is 0.919. The molecule has 0 aromatic carbocycles. The summed E-state index contributed by atoms with van der Waals surface area (Å²) in [5, 5.41) is 4.72. The van der Waals surface area contributed by atoms with E-state index in [4.69, 9.17) is 0 Å². The van der Waals surface area contributed by atoms with E-state index in [-0.39, 0.29) is 5.91 Å². The second-order valence-electron chi connectivity index (χ2n) is 3.66. The van der Waals surface area contributed by atoms with Crippen LogP contribution in [0.4, 0.5) is 5.82 Å². The Morgan fingerprint density at radius 3 is 3.06 bits per heavy atom. The number of pyridine rings is 1. The van der Waals surface area contributed by atoms with Crippen LogP contribution in [-0.4, -0.2) is 10.9 Å². The van der Waals surface area contributed by atoms with E-state index in [1.54, 1.807) is 23.6 Å². The number of carbonyl (C=O) groups is 1. The minimum absolute atomic E-state index is 0.179. The highest BCUT2D eigenvalue weighted by Crippen LogP contribution is 2.17. The smallest absolute Gasteiger partial charge is 0.249 e. The van der Waals surface area contributed by atoms with E-state index in [9.17, 15) is 4.79 Å². The fourth-order valence-electron chi connectivity index (χ4n) is 1.37. The van der Waals surface area contributed by atoms with Crippen molar-refractivity contribution in [3.05, 3.63) is 50.8 Å². The molecule has 18 heavy (non-hydrogen) atoms. The van der Waals surface area contributed by atoms with Crippen LogP contribution in [0.25, 0.3) is 6.08 Å². The average molecular weight is 323 g/mol. The van der Waals surface area contributed by atoms with Crippen LogP contribution in [0.15, 0.2) is 40.3 Å². The molecule has 2 heterocycles. The zero-order chi connectivity index (χ0) is 13.0. The molecule has 0 aliphatic heterocycles. The normalized spacial score (nSPS) is 10.8. The molecule has 92 valence electrons. The number of nitrogens with zero attached hydrogens (tertiary/aromatic N) is 1. The van der Waals surface area contributed by atoms with Crippen LogP contribution in [0.2, 0.25) is 0 Å². The largest absolute Gasteiger partial charge is 0.307 e. The highest BCUT2D eigenvalue weighted by molar-refractivity contribution is 9.10. The summed E-state index contributed by atoms with van der Waals surface area (Å²) in [6.45, 7) is 1.90. The van der Waals surface area contributed by atoms with Crippen molar-refractivity contribution in [1.82, 2.24) is 4.98 Å². The maximum absolute atomic E-state index is 11.7. The Bertz CT molecular complexity index is 579. The van der Waals surface area contributed by atoms with Crippen molar-refractivity contribution in [3.8, 4) is 0 Å². The van der Waals surface area contributed by atoms with Crippen LogP contribution in [-0.2, 0) is 4.79 Å². The monoisotopic (exact) mass is 322 g/mol. The van der Waals surface area contributed by atoms with E-state index in [0.29, 0.717) is 5.82 Å². The Hall–Kier alpha value is -1.46. The fourth-order valence-corrected chi connectivity index (χ4v) is 2.44. The number of hydrogen-bond acceptors (Lipinski definition) is 3. The summed E-state index contributed by atoms with van der Waals surface area (Å²) in [6, 6.07) is 5.81. The first-order valence-corrected chi connectivity index (χ1v) is 6.97. The molecule has 0 aliphatic carbocycles. The number of anilines is 1. The molecule has 3 nitrogen and oxygen atoms in total. The van der Waals surface area contributed by atoms with Gasteiger partial charge in [-0.1, -0.05) is 6.07 Å². The first-order chi connectivity index (χ1) is 8.65. The highest BCUT2D eigenvalue weighted by atomic mass is 79.9. The fraction of sp³-hybridized carbons (Fsp3) is 0.0769. The number of halogens is 1. The number of thiophene rings is 1. The molecule has 0 atom stereocenters. The molecule has 0 saturated heterocycles. The van der Waals surface area contributed by atoms with E-state index >= 15 is 0 Å². The molecule has 0 fully saturated rings. The van der Waals surface area contributed by atoms with Gasteiger partial charge in [-0.2, -0.15) is 0 Å². The minimum atomic E-state index is -0.179. The van der Waals surface area contributed by atoms with Crippen LogP contribution in [0, 0.1) is 6.92 Å². The number of carbonyl (C=O) groups excluding carboxylic acids is 1. The number of rotatable bonds is 3. The first kappa shape index (κ1) is 13.0. The van der Waals surface area contributed by atoms with Gasteiger partial charge in [-0.15, -0.1) is 11.3 Å². The maximum atomic E-state index is 11.7. The minimum Gasteiger partial charge on any atom is -0.307 e. The molecule has 5 heteroatoms. The Morgan fingerprint density at radius 2 is 2.39 bits per heavy atom. The quantitative estimate of drug-likeness (QED) is 0.872. The molecule has 0 aliphatic rings. The van der Waals surface area contributed by atoms with Gasteiger partial charge in [0.15, 0.2) is 0 Å². The summed E-state index contributed by atoms with van der Waals surface area (Å²) in [7, 11) is 0. The third kappa shape index (κ3) is 3.51. The van der Waals surface area contributed by atoms with E-state index in [0.717, 1.165) is 14.9 Å². The van der Waals surface area contributed by atoms with Crippen LogP contribution < -0.4 is 5.32 Å². The van der Waals surface area contributed by atoms with Crippen molar-refractivity contribution in [2.24, 2.45) is 0 Å². The van der Waals surface area contributed by atoms with Gasteiger partial charge < -0.3 is 5.32 Å². The van der Waals surface area contributed by atoms with Crippen molar-refractivity contribution >= 4 is 45.1 Å². The summed E-state index contributed by atoms with van der Waals surface area (Å²) in [4.78, 5) is 16.9. The zero-order valence-corrected chi connectivity index (χ0v) is 12.1. The molecule has 2 aromatic rings. The van der Waals surface area contributed by atoms with Gasteiger partial charge in [-0.3, -0.25) is 4.79 Å². The summed E-state index contributed by atoms with van der Waals surface area (Å²) in [6.07, 6.45) is 4.95. The van der Waals surface area contributed by atoms with Gasteiger partial charge >= 0.3 is 0 Å². The summed E-state index contributed by atoms with van der Waals surface area (Å²) >= 11 is 4.92. The molecule has 1 amide bonds. The molecule has 2 aromatic heterocycles. The Balaban J connectivity index is 2.03. The van der Waals surface area contributed by atoms with Crippen molar-refractivity contribution in [3.63, 3.8) is 0 Å². The molecular formula is C13H11BrN2OS. The van der Waals surface area contributed by atoms with Gasteiger partial charge in [-0.05, 0) is 52.0 Å². The lowest BCUT2D eigenvalue weighted by Crippen LogP contribution is -2.10. The number of hydrogen-bond donors (Lipinski definition) is 1. The molecule has 1 N–H and O–H groups in total. The topological polar surface area (TPSA) is 42.0 Å². The SMILES string of the molecule is Cc1cc(Br)cnc1NC(=O)/C=C/c1cccs1. The summed E-state index contributed by atoms with van der Waals surface area (Å²) in [5.74, 6) is 0.403. The Labute approximate surface area is 118 Å². The Kier molecular flexibility index (Phi) is 4.28. The van der Waals surface area contributed by atoms with Crippen molar-refractivity contribution in [1.29, 1.82) is 0 Å². The summed E-state index contributed by atoms with van der Waals surface area (Å²) < 4.78 is 0.895. The lowest BCUT2D eigenvalue weighted by Gasteiger charge is -2.04. The maximum Gasteiger partial charge on any atom is 0.249 e. The van der Waals surface area contributed by atoms with Gasteiger partial charge in [0.05, 0.1) is 0 Å². The van der Waals surface area contributed by atoms with E-state index in [2.05, 4.69) is 26.2 Å². The molecular weight excluding hydrogens is 312 g/mol. The number of aryl methyl sites for hydroxylation is 1. The van der Waals surface area contributed by atoms with Crippen LogP contribution in [0.5, 0.6) is 0 Å². The molecule has 2 rings (SSSR count). The lowest BCUT2D eigenvalue weighted by molar-refractivity contribution is -0.111. The van der Waals surface area contributed by atoms with Gasteiger partial charge in [0, 0.05) is 21.6 Å². The van der Waals surface area contributed by atoms with E-state index in [1.807, 2.05) is 30.5 Å². The number of aromatic nitrogens is 1. The predicted molar refractivity (Wildman–Crippen MR) is 78.7 cm³/mol.